The van der Waals surface area contributed by atoms with Crippen LogP contribution in [0.3, 0.4) is 0 Å². The highest BCUT2D eigenvalue weighted by atomic mass is 19.4. The molecule has 0 atom stereocenters. The number of hydrogen-bond acceptors (Lipinski definition) is 6. The highest BCUT2D eigenvalue weighted by Gasteiger charge is 2.30. The van der Waals surface area contributed by atoms with Gasteiger partial charge in [-0.15, -0.1) is 0 Å². The second-order valence-corrected chi connectivity index (χ2v) is 7.55. The lowest BCUT2D eigenvalue weighted by atomic mass is 10.1. The fourth-order valence-corrected chi connectivity index (χ4v) is 3.43. The van der Waals surface area contributed by atoms with E-state index in [1.54, 1.807) is 12.3 Å². The average molecular weight is 443 g/mol. The number of nitrogens with one attached hydrogen (secondary N) is 2. The summed E-state index contributed by atoms with van der Waals surface area (Å²) in [6, 6.07) is 13.2. The van der Waals surface area contributed by atoms with Gasteiger partial charge >= 0.3 is 6.18 Å². The topological polar surface area (TPSA) is 62.3 Å². The molecule has 4 rings (SSSR count). The first-order valence-electron chi connectivity index (χ1n) is 10.3. The zero-order chi connectivity index (χ0) is 22.6. The van der Waals surface area contributed by atoms with Crippen molar-refractivity contribution in [3.8, 4) is 0 Å². The van der Waals surface area contributed by atoms with Crippen LogP contribution in [0, 0.1) is 6.92 Å². The van der Waals surface area contributed by atoms with Gasteiger partial charge in [-0.3, -0.25) is 0 Å². The van der Waals surface area contributed by atoms with E-state index in [4.69, 9.17) is 4.74 Å². The standard InChI is InChI=1S/C23H24F3N5O/c1-16-14-28-22(29-19-5-7-20(8-6-19)31-9-11-32-12-10-31)30-21(16)27-15-17-3-2-4-18(13-17)23(24,25)26/h2-8,13-14H,9-12,15H2,1H3,(H2,27,28,29,30). The highest BCUT2D eigenvalue weighted by molar-refractivity contribution is 5.60. The molecule has 32 heavy (non-hydrogen) atoms. The summed E-state index contributed by atoms with van der Waals surface area (Å²) >= 11 is 0. The Kier molecular flexibility index (Phi) is 6.45. The maximum absolute atomic E-state index is 12.9. The van der Waals surface area contributed by atoms with Gasteiger partial charge in [0.25, 0.3) is 0 Å². The van der Waals surface area contributed by atoms with Crippen LogP contribution in [0.2, 0.25) is 0 Å². The first-order chi connectivity index (χ1) is 15.4. The predicted octanol–water partition coefficient (Wildman–Crippen LogP) is 5.00. The summed E-state index contributed by atoms with van der Waals surface area (Å²) in [6.07, 6.45) is -2.69. The smallest absolute Gasteiger partial charge is 0.378 e. The molecule has 168 valence electrons. The molecule has 1 saturated heterocycles. The summed E-state index contributed by atoms with van der Waals surface area (Å²) in [6.45, 7) is 5.26. The Morgan fingerprint density at radius 2 is 1.81 bits per heavy atom. The van der Waals surface area contributed by atoms with Gasteiger partial charge in [-0.1, -0.05) is 12.1 Å². The first-order valence-corrected chi connectivity index (χ1v) is 10.3. The summed E-state index contributed by atoms with van der Waals surface area (Å²) < 4.78 is 44.2. The molecule has 0 bridgehead atoms. The van der Waals surface area contributed by atoms with Crippen LogP contribution in [0.4, 0.5) is 36.3 Å². The maximum Gasteiger partial charge on any atom is 0.416 e. The Morgan fingerprint density at radius 3 is 2.53 bits per heavy atom. The molecule has 1 aliphatic rings. The van der Waals surface area contributed by atoms with Crippen molar-refractivity contribution in [1.29, 1.82) is 0 Å². The van der Waals surface area contributed by atoms with E-state index in [9.17, 15) is 13.2 Å². The normalized spacial score (nSPS) is 14.3. The molecule has 1 fully saturated rings. The van der Waals surface area contributed by atoms with Crippen LogP contribution in [0.5, 0.6) is 0 Å². The lowest BCUT2D eigenvalue weighted by molar-refractivity contribution is -0.137. The number of halogens is 3. The van der Waals surface area contributed by atoms with Gasteiger partial charge in [-0.05, 0) is 48.9 Å². The van der Waals surface area contributed by atoms with E-state index in [2.05, 4.69) is 25.5 Å². The zero-order valence-corrected chi connectivity index (χ0v) is 17.6. The van der Waals surface area contributed by atoms with E-state index in [1.165, 1.54) is 6.07 Å². The zero-order valence-electron chi connectivity index (χ0n) is 17.6. The van der Waals surface area contributed by atoms with Gasteiger partial charge in [0.1, 0.15) is 5.82 Å². The van der Waals surface area contributed by atoms with E-state index in [1.807, 2.05) is 31.2 Å². The van der Waals surface area contributed by atoms with Crippen molar-refractivity contribution in [3.05, 3.63) is 71.4 Å². The number of morpholine rings is 1. The minimum absolute atomic E-state index is 0.218. The summed E-state index contributed by atoms with van der Waals surface area (Å²) in [5, 5.41) is 6.28. The lowest BCUT2D eigenvalue weighted by Crippen LogP contribution is -2.36. The fraction of sp³-hybridized carbons (Fsp3) is 0.304. The van der Waals surface area contributed by atoms with Gasteiger partial charge in [-0.2, -0.15) is 18.2 Å². The number of aromatic nitrogens is 2. The molecular weight excluding hydrogens is 419 g/mol. The van der Waals surface area contributed by atoms with E-state index in [0.717, 1.165) is 55.4 Å². The molecule has 2 N–H and O–H groups in total. The summed E-state index contributed by atoms with van der Waals surface area (Å²) in [5.41, 5.74) is 2.62. The quantitative estimate of drug-likeness (QED) is 0.559. The number of rotatable bonds is 6. The molecule has 3 aromatic rings. The van der Waals surface area contributed by atoms with Crippen LogP contribution < -0.4 is 15.5 Å². The number of hydrogen-bond donors (Lipinski definition) is 2. The van der Waals surface area contributed by atoms with E-state index in [0.29, 0.717) is 17.3 Å². The molecule has 2 heterocycles. The minimum Gasteiger partial charge on any atom is -0.378 e. The molecule has 0 radical (unpaired) electrons. The molecule has 0 unspecified atom stereocenters. The largest absolute Gasteiger partial charge is 0.416 e. The van der Waals surface area contributed by atoms with Gasteiger partial charge < -0.3 is 20.3 Å². The van der Waals surface area contributed by atoms with E-state index < -0.39 is 11.7 Å². The molecule has 9 heteroatoms. The number of alkyl halides is 3. The monoisotopic (exact) mass is 443 g/mol. The number of ether oxygens (including phenoxy) is 1. The number of benzene rings is 2. The third-order valence-electron chi connectivity index (χ3n) is 5.19. The number of anilines is 4. The van der Waals surface area contributed by atoms with Crippen molar-refractivity contribution < 1.29 is 17.9 Å². The molecular formula is C23H24F3N5O. The van der Waals surface area contributed by atoms with Gasteiger partial charge in [0, 0.05) is 42.8 Å². The Hall–Kier alpha value is -3.33. The second-order valence-electron chi connectivity index (χ2n) is 7.55. The van der Waals surface area contributed by atoms with Crippen molar-refractivity contribution >= 4 is 23.1 Å². The number of nitrogens with zero attached hydrogens (tertiary/aromatic N) is 3. The highest BCUT2D eigenvalue weighted by Crippen LogP contribution is 2.30. The van der Waals surface area contributed by atoms with E-state index in [-0.39, 0.29) is 6.54 Å². The molecule has 0 amide bonds. The third-order valence-corrected chi connectivity index (χ3v) is 5.19. The van der Waals surface area contributed by atoms with Crippen molar-refractivity contribution in [2.45, 2.75) is 19.6 Å². The third kappa shape index (κ3) is 5.47. The van der Waals surface area contributed by atoms with Gasteiger partial charge in [0.05, 0.1) is 18.8 Å². The van der Waals surface area contributed by atoms with Crippen LogP contribution in [0.1, 0.15) is 16.7 Å². The molecule has 6 nitrogen and oxygen atoms in total. The minimum atomic E-state index is -4.37. The Morgan fingerprint density at radius 1 is 1.06 bits per heavy atom. The summed E-state index contributed by atoms with van der Waals surface area (Å²) in [7, 11) is 0. The maximum atomic E-state index is 12.9. The summed E-state index contributed by atoms with van der Waals surface area (Å²) in [4.78, 5) is 11.1. The fourth-order valence-electron chi connectivity index (χ4n) is 3.43. The van der Waals surface area contributed by atoms with Gasteiger partial charge in [-0.25, -0.2) is 4.98 Å². The van der Waals surface area contributed by atoms with E-state index >= 15 is 0 Å². The molecule has 1 aromatic heterocycles. The first kappa shape index (κ1) is 21.9. The van der Waals surface area contributed by atoms with Crippen molar-refractivity contribution in [3.63, 3.8) is 0 Å². The molecule has 0 saturated carbocycles. The Bertz CT molecular complexity index is 1050. The van der Waals surface area contributed by atoms with Crippen molar-refractivity contribution in [2.24, 2.45) is 0 Å². The predicted molar refractivity (Wildman–Crippen MR) is 118 cm³/mol. The van der Waals surface area contributed by atoms with Crippen LogP contribution in [-0.4, -0.2) is 36.3 Å². The SMILES string of the molecule is Cc1cnc(Nc2ccc(N3CCOCC3)cc2)nc1NCc1cccc(C(F)(F)F)c1. The van der Waals surface area contributed by atoms with Gasteiger partial charge in [0.2, 0.25) is 5.95 Å². The van der Waals surface area contributed by atoms with Crippen LogP contribution in [0.25, 0.3) is 0 Å². The molecule has 0 aliphatic carbocycles. The van der Waals surface area contributed by atoms with Crippen LogP contribution >= 0.6 is 0 Å². The van der Waals surface area contributed by atoms with Crippen molar-refractivity contribution in [1.82, 2.24) is 9.97 Å². The number of aryl methyl sites for hydroxylation is 1. The van der Waals surface area contributed by atoms with Crippen molar-refractivity contribution in [2.75, 3.05) is 41.8 Å². The Labute approximate surface area is 184 Å². The molecule has 0 spiro atoms. The summed E-state index contributed by atoms with van der Waals surface area (Å²) in [5.74, 6) is 0.964. The van der Waals surface area contributed by atoms with Crippen LogP contribution in [-0.2, 0) is 17.5 Å². The second kappa shape index (κ2) is 9.44. The van der Waals surface area contributed by atoms with Gasteiger partial charge in [0.15, 0.2) is 0 Å². The van der Waals surface area contributed by atoms with Crippen LogP contribution in [0.15, 0.2) is 54.7 Å². The average Bonchev–Trinajstić information content (AvgIpc) is 2.80. The Balaban J connectivity index is 1.41. The molecule has 2 aromatic carbocycles. The molecule has 1 aliphatic heterocycles. The lowest BCUT2D eigenvalue weighted by Gasteiger charge is -2.28.